The van der Waals surface area contributed by atoms with Gasteiger partial charge in [0.1, 0.15) is 0 Å². The van der Waals surface area contributed by atoms with Gasteiger partial charge in [0.15, 0.2) is 0 Å². The monoisotopic (exact) mass is 661 g/mol. The third kappa shape index (κ3) is 3.95. The van der Waals surface area contributed by atoms with Gasteiger partial charge in [-0.2, -0.15) is 0 Å². The third-order valence-corrected chi connectivity index (χ3v) is 13.0. The molecular formula is C45H32BNO2S. The van der Waals surface area contributed by atoms with Crippen molar-refractivity contribution in [3.8, 4) is 27.9 Å². The van der Waals surface area contributed by atoms with E-state index in [0.717, 1.165) is 33.3 Å². The van der Waals surface area contributed by atoms with Crippen molar-refractivity contribution in [2.24, 2.45) is 0 Å². The largest absolute Gasteiger partial charge is 0.309 e. The summed E-state index contributed by atoms with van der Waals surface area (Å²) in [6.07, 6.45) is 0. The number of hydrogen-bond donors (Lipinski definition) is 0. The molecule has 0 fully saturated rings. The summed E-state index contributed by atoms with van der Waals surface area (Å²) in [5.41, 5.74) is 12.6. The molecule has 8 aromatic rings. The lowest BCUT2D eigenvalue weighted by Gasteiger charge is -2.36. The predicted molar refractivity (Wildman–Crippen MR) is 207 cm³/mol. The summed E-state index contributed by atoms with van der Waals surface area (Å²) in [4.78, 5) is 0.773. The Morgan fingerprint density at radius 3 is 1.54 bits per heavy atom. The minimum Gasteiger partial charge on any atom is -0.309 e. The van der Waals surface area contributed by atoms with Gasteiger partial charge in [-0.25, -0.2) is 8.42 Å². The van der Waals surface area contributed by atoms with Crippen LogP contribution < -0.4 is 16.4 Å². The molecule has 2 aliphatic heterocycles. The number of fused-ring (bicyclic) bond motifs is 10. The molecule has 7 aromatic carbocycles. The molecule has 50 heavy (non-hydrogen) atoms. The fraction of sp³-hybridized carbons (Fsp3) is 0.0667. The van der Waals surface area contributed by atoms with Gasteiger partial charge in [-0.3, -0.25) is 0 Å². The first-order valence-electron chi connectivity index (χ1n) is 17.1. The summed E-state index contributed by atoms with van der Waals surface area (Å²) in [7, 11) is -3.77. The van der Waals surface area contributed by atoms with Crippen molar-refractivity contribution < 1.29 is 8.42 Å². The average molecular weight is 662 g/mol. The summed E-state index contributed by atoms with van der Waals surface area (Å²) < 4.78 is 31.2. The molecule has 0 radical (unpaired) electrons. The Morgan fingerprint density at radius 2 is 0.960 bits per heavy atom. The van der Waals surface area contributed by atoms with Gasteiger partial charge in [0, 0.05) is 21.9 Å². The zero-order valence-electron chi connectivity index (χ0n) is 27.8. The maximum absolute atomic E-state index is 14.5. The highest BCUT2D eigenvalue weighted by atomic mass is 32.2. The Kier molecular flexibility index (Phi) is 6.11. The minimum absolute atomic E-state index is 0.0797. The number of rotatable bonds is 2. The standard InChI is InChI=1S/C45H32BNO2S/c1-45(2)37-27-29(46-39-19-9-5-15-33(39)31-13-3-4-14-32(31)34-16-6-10-20-40(34)46)23-25-43(37)50(48,49)44-26-24-30(28-38(44)45)47-41-21-11-7-17-35(41)36-18-8-12-22-42(36)47/h3-28H,1-2H3. The highest BCUT2D eigenvalue weighted by Crippen LogP contribution is 2.47. The van der Waals surface area contributed by atoms with Gasteiger partial charge in [0.2, 0.25) is 16.6 Å². The van der Waals surface area contributed by atoms with Crippen LogP contribution in [0.25, 0.3) is 49.7 Å². The van der Waals surface area contributed by atoms with Crippen LogP contribution in [0.4, 0.5) is 0 Å². The van der Waals surface area contributed by atoms with Gasteiger partial charge in [0.05, 0.1) is 20.8 Å². The van der Waals surface area contributed by atoms with Crippen LogP contribution in [0.15, 0.2) is 168 Å². The molecule has 0 N–H and O–H groups in total. The zero-order valence-corrected chi connectivity index (χ0v) is 28.6. The molecule has 1 aromatic heterocycles. The summed E-state index contributed by atoms with van der Waals surface area (Å²) in [5, 5.41) is 2.35. The van der Waals surface area contributed by atoms with E-state index in [0.29, 0.717) is 9.79 Å². The van der Waals surface area contributed by atoms with Crippen molar-refractivity contribution in [3.63, 3.8) is 0 Å². The van der Waals surface area contributed by atoms with E-state index in [1.807, 2.05) is 24.3 Å². The van der Waals surface area contributed by atoms with Crippen molar-refractivity contribution in [1.82, 2.24) is 4.57 Å². The van der Waals surface area contributed by atoms with Crippen LogP contribution in [0.2, 0.25) is 0 Å². The maximum Gasteiger partial charge on any atom is 0.242 e. The maximum atomic E-state index is 14.5. The van der Waals surface area contributed by atoms with Crippen LogP contribution in [-0.2, 0) is 15.3 Å². The molecule has 3 nitrogen and oxygen atoms in total. The van der Waals surface area contributed by atoms with Crippen LogP contribution in [-0.4, -0.2) is 19.7 Å². The lowest BCUT2D eigenvalue weighted by Crippen LogP contribution is -2.53. The number of benzene rings is 7. The van der Waals surface area contributed by atoms with Crippen LogP contribution in [0.1, 0.15) is 25.0 Å². The molecule has 0 atom stereocenters. The second-order valence-electron chi connectivity index (χ2n) is 14.1. The number of nitrogens with zero attached hydrogens (tertiary/aromatic N) is 1. The molecule has 10 rings (SSSR count). The first-order chi connectivity index (χ1) is 24.3. The Hall–Kier alpha value is -5.65. The fourth-order valence-corrected chi connectivity index (χ4v) is 10.7. The first kappa shape index (κ1) is 29.3. The van der Waals surface area contributed by atoms with Crippen LogP contribution >= 0.6 is 0 Å². The molecule has 0 saturated heterocycles. The molecule has 0 spiro atoms. The third-order valence-electron chi connectivity index (χ3n) is 11.1. The lowest BCUT2D eigenvalue weighted by atomic mass is 9.35. The van der Waals surface area contributed by atoms with E-state index in [4.69, 9.17) is 0 Å². The van der Waals surface area contributed by atoms with Crippen LogP contribution in [0.5, 0.6) is 0 Å². The second kappa shape index (κ2) is 10.4. The smallest absolute Gasteiger partial charge is 0.242 e. The van der Waals surface area contributed by atoms with E-state index in [9.17, 15) is 8.42 Å². The molecule has 0 bridgehead atoms. The Balaban J connectivity index is 1.19. The SMILES string of the molecule is CC1(C)c2cc(B3c4ccccc4-c4ccccc4-c4ccccc43)ccc2S(=O)(=O)c2ccc(-n3c4ccccc4c4ccccc43)cc21. The van der Waals surface area contributed by atoms with E-state index < -0.39 is 15.3 Å². The summed E-state index contributed by atoms with van der Waals surface area (Å²) in [6.45, 7) is 4.26. The van der Waals surface area contributed by atoms with Gasteiger partial charge < -0.3 is 4.57 Å². The van der Waals surface area contributed by atoms with E-state index in [1.165, 1.54) is 44.0 Å². The lowest BCUT2D eigenvalue weighted by molar-refractivity contribution is 0.556. The van der Waals surface area contributed by atoms with Gasteiger partial charge in [0.25, 0.3) is 0 Å². The van der Waals surface area contributed by atoms with E-state index in [1.54, 1.807) is 0 Å². The molecule has 0 unspecified atom stereocenters. The second-order valence-corrected chi connectivity index (χ2v) is 16.0. The summed E-state index contributed by atoms with van der Waals surface area (Å²) >= 11 is 0. The molecule has 0 amide bonds. The molecule has 2 aliphatic rings. The van der Waals surface area contributed by atoms with Gasteiger partial charge in [-0.15, -0.1) is 0 Å². The zero-order chi connectivity index (χ0) is 33.8. The molecule has 0 aliphatic carbocycles. The quantitative estimate of drug-likeness (QED) is 0.175. The van der Waals surface area contributed by atoms with E-state index in [2.05, 4.69) is 152 Å². The molecule has 238 valence electrons. The van der Waals surface area contributed by atoms with Crippen molar-refractivity contribution in [2.45, 2.75) is 29.1 Å². The fourth-order valence-electron chi connectivity index (χ4n) is 8.76. The Bertz CT molecular complexity index is 2710. The minimum atomic E-state index is -3.77. The highest BCUT2D eigenvalue weighted by Gasteiger charge is 2.42. The predicted octanol–water partition coefficient (Wildman–Crippen LogP) is 8.42. The number of aromatic nitrogens is 1. The van der Waals surface area contributed by atoms with Gasteiger partial charge in [-0.1, -0.05) is 152 Å². The van der Waals surface area contributed by atoms with Crippen molar-refractivity contribution in [1.29, 1.82) is 0 Å². The van der Waals surface area contributed by atoms with Crippen LogP contribution in [0.3, 0.4) is 0 Å². The average Bonchev–Trinajstić information content (AvgIpc) is 3.42. The molecule has 0 saturated carbocycles. The van der Waals surface area contributed by atoms with Crippen molar-refractivity contribution in [3.05, 3.63) is 169 Å². The summed E-state index contributed by atoms with van der Waals surface area (Å²) in [5.74, 6) is 0. The molecule has 5 heteroatoms. The van der Waals surface area contributed by atoms with E-state index >= 15 is 0 Å². The van der Waals surface area contributed by atoms with Crippen molar-refractivity contribution in [2.75, 3.05) is 0 Å². The van der Waals surface area contributed by atoms with Gasteiger partial charge >= 0.3 is 0 Å². The molecule has 3 heterocycles. The first-order valence-corrected chi connectivity index (χ1v) is 18.6. The van der Waals surface area contributed by atoms with Gasteiger partial charge in [-0.05, 0) is 69.8 Å². The number of sulfone groups is 1. The number of hydrogen-bond acceptors (Lipinski definition) is 2. The van der Waals surface area contributed by atoms with Crippen LogP contribution in [0, 0.1) is 0 Å². The molecular weight excluding hydrogens is 629 g/mol. The number of para-hydroxylation sites is 2. The van der Waals surface area contributed by atoms with E-state index in [-0.39, 0.29) is 6.71 Å². The normalized spacial score (nSPS) is 15.0. The topological polar surface area (TPSA) is 39.1 Å². The highest BCUT2D eigenvalue weighted by molar-refractivity contribution is 7.91. The van der Waals surface area contributed by atoms with Crippen molar-refractivity contribution >= 4 is 54.7 Å². The Labute approximate surface area is 292 Å². The summed E-state index contributed by atoms with van der Waals surface area (Å²) in [6, 6.07) is 54.8. The Morgan fingerprint density at radius 1 is 0.500 bits per heavy atom.